The van der Waals surface area contributed by atoms with Gasteiger partial charge in [0, 0.05) is 23.1 Å². The van der Waals surface area contributed by atoms with Crippen molar-refractivity contribution < 1.29 is 14.3 Å². The number of carbonyl (C=O) groups is 2. The third-order valence-corrected chi connectivity index (χ3v) is 4.98. The van der Waals surface area contributed by atoms with Gasteiger partial charge in [0.25, 0.3) is 5.91 Å². The monoisotopic (exact) mass is 431 g/mol. The van der Waals surface area contributed by atoms with Gasteiger partial charge in [0.1, 0.15) is 6.04 Å². The highest BCUT2D eigenvalue weighted by Crippen LogP contribution is 2.22. The van der Waals surface area contributed by atoms with E-state index in [1.807, 2.05) is 30.3 Å². The van der Waals surface area contributed by atoms with Gasteiger partial charge >= 0.3 is 0 Å². The molecule has 1 atom stereocenters. The van der Waals surface area contributed by atoms with Crippen LogP contribution >= 0.6 is 15.9 Å². The first kappa shape index (κ1) is 19.5. The first-order valence-electron chi connectivity index (χ1n) is 8.86. The predicted octanol–water partition coefficient (Wildman–Crippen LogP) is 2.80. The maximum Gasteiger partial charge on any atom is 0.253 e. The second-order valence-electron chi connectivity index (χ2n) is 6.47. The summed E-state index contributed by atoms with van der Waals surface area (Å²) in [5.74, 6) is -0.391. The van der Waals surface area contributed by atoms with E-state index in [2.05, 4.69) is 26.2 Å². The lowest BCUT2D eigenvalue weighted by molar-refractivity contribution is -0.136. The molecule has 7 heteroatoms. The molecule has 1 N–H and O–H groups in total. The number of halogens is 1. The first-order valence-corrected chi connectivity index (χ1v) is 9.66. The molecule has 1 unspecified atom stereocenters. The standard InChI is InChI=1S/C20H22BrN3O3/c1-13-17(6-7-18(22-13)15-4-3-5-16(21)12-15)19(25)23-14(2)20(26)24-8-10-27-11-9-24/h3-7,12,14H,8-11H2,1-2H3,(H,23,25). The molecule has 27 heavy (non-hydrogen) atoms. The molecular formula is C20H22BrN3O3. The minimum atomic E-state index is -0.597. The van der Waals surface area contributed by atoms with Crippen LogP contribution in [-0.4, -0.2) is 54.0 Å². The Morgan fingerprint density at radius 3 is 2.63 bits per heavy atom. The van der Waals surface area contributed by atoms with Crippen molar-refractivity contribution in [3.8, 4) is 11.3 Å². The molecule has 142 valence electrons. The number of ether oxygens (including phenoxy) is 1. The SMILES string of the molecule is Cc1nc(-c2cccc(Br)c2)ccc1C(=O)NC(C)C(=O)N1CCOCC1. The van der Waals surface area contributed by atoms with Crippen molar-refractivity contribution >= 4 is 27.7 Å². The van der Waals surface area contributed by atoms with Crippen molar-refractivity contribution in [1.82, 2.24) is 15.2 Å². The Balaban J connectivity index is 1.70. The van der Waals surface area contributed by atoms with E-state index in [-0.39, 0.29) is 11.8 Å². The third kappa shape index (κ3) is 4.73. The molecule has 1 aromatic heterocycles. The average Bonchev–Trinajstić information content (AvgIpc) is 2.67. The van der Waals surface area contributed by atoms with Crippen LogP contribution in [0, 0.1) is 6.92 Å². The minimum absolute atomic E-state index is 0.0944. The molecule has 2 amide bonds. The van der Waals surface area contributed by atoms with E-state index in [0.29, 0.717) is 37.6 Å². The summed E-state index contributed by atoms with van der Waals surface area (Å²) in [5, 5.41) is 2.78. The lowest BCUT2D eigenvalue weighted by Gasteiger charge is -2.29. The number of morpholine rings is 1. The molecule has 2 heterocycles. The zero-order chi connectivity index (χ0) is 19.4. The summed E-state index contributed by atoms with van der Waals surface area (Å²) in [5.41, 5.74) is 2.85. The number of benzene rings is 1. The number of nitrogens with one attached hydrogen (secondary N) is 1. The summed E-state index contributed by atoms with van der Waals surface area (Å²) < 4.78 is 6.23. The van der Waals surface area contributed by atoms with E-state index in [9.17, 15) is 9.59 Å². The normalized spacial score (nSPS) is 15.3. The van der Waals surface area contributed by atoms with Gasteiger partial charge < -0.3 is 15.0 Å². The highest BCUT2D eigenvalue weighted by atomic mass is 79.9. The lowest BCUT2D eigenvalue weighted by atomic mass is 10.1. The highest BCUT2D eigenvalue weighted by Gasteiger charge is 2.24. The molecule has 6 nitrogen and oxygen atoms in total. The van der Waals surface area contributed by atoms with Crippen molar-refractivity contribution in [1.29, 1.82) is 0 Å². The summed E-state index contributed by atoms with van der Waals surface area (Å²) in [7, 11) is 0. The van der Waals surface area contributed by atoms with E-state index < -0.39 is 6.04 Å². The number of hydrogen-bond acceptors (Lipinski definition) is 4. The Labute approximate surface area is 167 Å². The number of aryl methyl sites for hydroxylation is 1. The Morgan fingerprint density at radius 1 is 1.22 bits per heavy atom. The second-order valence-corrected chi connectivity index (χ2v) is 7.39. The maximum atomic E-state index is 12.6. The van der Waals surface area contributed by atoms with Crippen LogP contribution in [0.3, 0.4) is 0 Å². The molecule has 1 aliphatic heterocycles. The van der Waals surface area contributed by atoms with Gasteiger partial charge in [0.15, 0.2) is 0 Å². The van der Waals surface area contributed by atoms with Crippen LogP contribution in [0.4, 0.5) is 0 Å². The molecule has 0 radical (unpaired) electrons. The third-order valence-electron chi connectivity index (χ3n) is 4.49. The molecule has 0 aliphatic carbocycles. The van der Waals surface area contributed by atoms with E-state index in [0.717, 1.165) is 15.7 Å². The van der Waals surface area contributed by atoms with Crippen LogP contribution in [0.1, 0.15) is 23.0 Å². The van der Waals surface area contributed by atoms with Gasteiger partial charge in [0.05, 0.1) is 30.2 Å². The smallest absolute Gasteiger partial charge is 0.253 e. The van der Waals surface area contributed by atoms with E-state index >= 15 is 0 Å². The molecule has 1 aliphatic rings. The van der Waals surface area contributed by atoms with Crippen molar-refractivity contribution in [3.63, 3.8) is 0 Å². The lowest BCUT2D eigenvalue weighted by Crippen LogP contribution is -2.50. The van der Waals surface area contributed by atoms with Crippen LogP contribution in [-0.2, 0) is 9.53 Å². The molecule has 1 fully saturated rings. The fourth-order valence-electron chi connectivity index (χ4n) is 3.00. The van der Waals surface area contributed by atoms with Crippen molar-refractivity contribution in [2.75, 3.05) is 26.3 Å². The van der Waals surface area contributed by atoms with Crippen LogP contribution in [0.2, 0.25) is 0 Å². The van der Waals surface area contributed by atoms with Crippen molar-refractivity contribution in [3.05, 3.63) is 52.1 Å². The van der Waals surface area contributed by atoms with Gasteiger partial charge in [-0.05, 0) is 38.1 Å². The van der Waals surface area contributed by atoms with Gasteiger partial charge in [0.2, 0.25) is 5.91 Å². The Kier molecular flexibility index (Phi) is 6.23. The van der Waals surface area contributed by atoms with Crippen LogP contribution in [0.5, 0.6) is 0 Å². The van der Waals surface area contributed by atoms with Gasteiger partial charge in [-0.2, -0.15) is 0 Å². The molecule has 2 aromatic rings. The number of amides is 2. The Morgan fingerprint density at radius 2 is 1.96 bits per heavy atom. The molecule has 1 saturated heterocycles. The Bertz CT molecular complexity index is 850. The number of hydrogen-bond donors (Lipinski definition) is 1. The van der Waals surface area contributed by atoms with Gasteiger partial charge in [-0.15, -0.1) is 0 Å². The zero-order valence-corrected chi connectivity index (χ0v) is 17.0. The second kappa shape index (κ2) is 8.63. The summed E-state index contributed by atoms with van der Waals surface area (Å²) in [6, 6.07) is 10.8. The van der Waals surface area contributed by atoms with E-state index in [4.69, 9.17) is 4.74 Å². The number of rotatable bonds is 4. The fraction of sp³-hybridized carbons (Fsp3) is 0.350. The summed E-state index contributed by atoms with van der Waals surface area (Å²) in [6.07, 6.45) is 0. The molecular weight excluding hydrogens is 410 g/mol. The molecule has 3 rings (SSSR count). The topological polar surface area (TPSA) is 71.5 Å². The minimum Gasteiger partial charge on any atom is -0.378 e. The number of aromatic nitrogens is 1. The highest BCUT2D eigenvalue weighted by molar-refractivity contribution is 9.10. The molecule has 1 aromatic carbocycles. The van der Waals surface area contributed by atoms with E-state index in [1.54, 1.807) is 24.8 Å². The van der Waals surface area contributed by atoms with Gasteiger partial charge in [-0.1, -0.05) is 28.1 Å². The maximum absolute atomic E-state index is 12.6. The van der Waals surface area contributed by atoms with Gasteiger partial charge in [-0.25, -0.2) is 0 Å². The predicted molar refractivity (Wildman–Crippen MR) is 106 cm³/mol. The van der Waals surface area contributed by atoms with Crippen LogP contribution in [0.15, 0.2) is 40.9 Å². The van der Waals surface area contributed by atoms with Crippen molar-refractivity contribution in [2.24, 2.45) is 0 Å². The molecule has 0 saturated carbocycles. The summed E-state index contributed by atoms with van der Waals surface area (Å²) in [6.45, 7) is 5.68. The molecule has 0 bridgehead atoms. The quantitative estimate of drug-likeness (QED) is 0.807. The Hall–Kier alpha value is -2.25. The van der Waals surface area contributed by atoms with Crippen LogP contribution < -0.4 is 5.32 Å². The number of carbonyl (C=O) groups excluding carboxylic acids is 2. The molecule has 0 spiro atoms. The first-order chi connectivity index (χ1) is 13.0. The fourth-order valence-corrected chi connectivity index (χ4v) is 3.40. The number of nitrogens with zero attached hydrogens (tertiary/aromatic N) is 2. The largest absolute Gasteiger partial charge is 0.378 e. The van der Waals surface area contributed by atoms with Crippen molar-refractivity contribution in [2.45, 2.75) is 19.9 Å². The zero-order valence-electron chi connectivity index (χ0n) is 15.4. The summed E-state index contributed by atoms with van der Waals surface area (Å²) in [4.78, 5) is 31.3. The van der Waals surface area contributed by atoms with Crippen LogP contribution in [0.25, 0.3) is 11.3 Å². The van der Waals surface area contributed by atoms with Gasteiger partial charge in [-0.3, -0.25) is 14.6 Å². The number of pyridine rings is 1. The average molecular weight is 432 g/mol. The summed E-state index contributed by atoms with van der Waals surface area (Å²) >= 11 is 3.45. The van der Waals surface area contributed by atoms with E-state index in [1.165, 1.54) is 0 Å².